The van der Waals surface area contributed by atoms with E-state index in [1.807, 2.05) is 31.3 Å². The molecule has 1 atom stereocenters. The second-order valence-corrected chi connectivity index (χ2v) is 6.83. The number of aliphatic hydroxyl groups excluding tert-OH is 1. The maximum atomic E-state index is 9.32. The molecule has 1 fully saturated rings. The first-order valence-corrected chi connectivity index (χ1v) is 8.67. The highest BCUT2D eigenvalue weighted by atomic mass is 35.5. The zero-order valence-corrected chi connectivity index (χ0v) is 14.3. The van der Waals surface area contributed by atoms with Gasteiger partial charge in [-0.1, -0.05) is 11.6 Å². The molecule has 0 aliphatic carbocycles. The predicted octanol–water partition coefficient (Wildman–Crippen LogP) is 3.31. The highest BCUT2D eigenvalue weighted by Crippen LogP contribution is 2.27. The van der Waals surface area contributed by atoms with Crippen molar-refractivity contribution in [1.29, 1.82) is 0 Å². The van der Waals surface area contributed by atoms with E-state index in [1.165, 1.54) is 6.42 Å². The molecule has 2 heterocycles. The van der Waals surface area contributed by atoms with Crippen LogP contribution in [-0.4, -0.2) is 47.8 Å². The smallest absolute Gasteiger partial charge is 0.0752 e. The molecular weight excluding hydrogens is 310 g/mol. The number of aromatic nitrogens is 1. The van der Waals surface area contributed by atoms with Crippen molar-refractivity contribution in [1.82, 2.24) is 9.88 Å². The predicted molar refractivity (Wildman–Crippen MR) is 96.2 cm³/mol. The molecule has 1 unspecified atom stereocenters. The first-order chi connectivity index (χ1) is 11.2. The summed E-state index contributed by atoms with van der Waals surface area (Å²) in [4.78, 5) is 6.89. The van der Waals surface area contributed by atoms with Gasteiger partial charge in [0.05, 0.1) is 5.52 Å². The van der Waals surface area contributed by atoms with Crippen LogP contribution in [0.2, 0.25) is 5.02 Å². The minimum absolute atomic E-state index is 0.302. The van der Waals surface area contributed by atoms with Crippen molar-refractivity contribution < 1.29 is 5.11 Å². The van der Waals surface area contributed by atoms with Gasteiger partial charge in [-0.15, -0.1) is 0 Å². The van der Waals surface area contributed by atoms with Crippen LogP contribution in [0, 0.1) is 12.8 Å². The van der Waals surface area contributed by atoms with Crippen LogP contribution >= 0.6 is 11.6 Å². The van der Waals surface area contributed by atoms with E-state index in [-0.39, 0.29) is 0 Å². The summed E-state index contributed by atoms with van der Waals surface area (Å²) in [6.45, 7) is 6.33. The van der Waals surface area contributed by atoms with Gasteiger partial charge in [0.2, 0.25) is 0 Å². The van der Waals surface area contributed by atoms with Crippen molar-refractivity contribution in [3.05, 3.63) is 35.0 Å². The van der Waals surface area contributed by atoms with E-state index in [0.717, 1.165) is 59.8 Å². The van der Waals surface area contributed by atoms with Crippen LogP contribution in [0.25, 0.3) is 10.9 Å². The van der Waals surface area contributed by atoms with Crippen molar-refractivity contribution in [3.8, 4) is 0 Å². The normalized spacial score (nSPS) is 19.2. The number of nitrogens with one attached hydrogen (secondary N) is 1. The third-order valence-electron chi connectivity index (χ3n) is 4.61. The Bertz CT molecular complexity index is 677. The SMILES string of the molecule is Cc1cc(Cl)cc2c(NCCN3CCCC(CO)C3)ccnc12. The van der Waals surface area contributed by atoms with Gasteiger partial charge < -0.3 is 15.3 Å². The number of aryl methyl sites for hydroxylation is 1. The molecule has 5 heteroatoms. The number of aliphatic hydroxyl groups is 1. The number of hydrogen-bond donors (Lipinski definition) is 2. The molecule has 0 spiro atoms. The monoisotopic (exact) mass is 333 g/mol. The number of pyridine rings is 1. The molecule has 124 valence electrons. The summed E-state index contributed by atoms with van der Waals surface area (Å²) in [6, 6.07) is 5.93. The largest absolute Gasteiger partial charge is 0.396 e. The molecule has 0 saturated carbocycles. The lowest BCUT2D eigenvalue weighted by molar-refractivity contribution is 0.123. The van der Waals surface area contributed by atoms with Crippen molar-refractivity contribution >= 4 is 28.2 Å². The van der Waals surface area contributed by atoms with Crippen molar-refractivity contribution in [3.63, 3.8) is 0 Å². The Hall–Kier alpha value is -1.36. The Labute approximate surface area is 142 Å². The Morgan fingerprint density at radius 2 is 2.30 bits per heavy atom. The molecule has 4 nitrogen and oxygen atoms in total. The minimum Gasteiger partial charge on any atom is -0.396 e. The second kappa shape index (κ2) is 7.47. The summed E-state index contributed by atoms with van der Waals surface area (Å²) in [5.41, 5.74) is 3.17. The zero-order valence-electron chi connectivity index (χ0n) is 13.6. The van der Waals surface area contributed by atoms with Gasteiger partial charge in [-0.25, -0.2) is 0 Å². The van der Waals surface area contributed by atoms with E-state index in [1.54, 1.807) is 0 Å². The molecule has 2 N–H and O–H groups in total. The minimum atomic E-state index is 0.302. The van der Waals surface area contributed by atoms with Crippen LogP contribution in [-0.2, 0) is 0 Å². The fourth-order valence-corrected chi connectivity index (χ4v) is 3.67. The van der Waals surface area contributed by atoms with E-state index in [9.17, 15) is 5.11 Å². The molecule has 0 amide bonds. The maximum absolute atomic E-state index is 9.32. The lowest BCUT2D eigenvalue weighted by atomic mass is 9.99. The molecule has 1 saturated heterocycles. The molecule has 3 rings (SSSR count). The average molecular weight is 334 g/mol. The topological polar surface area (TPSA) is 48.4 Å². The molecule has 1 aromatic heterocycles. The third kappa shape index (κ3) is 3.94. The molecule has 0 radical (unpaired) electrons. The van der Waals surface area contributed by atoms with Crippen molar-refractivity contribution in [2.75, 3.05) is 38.1 Å². The Balaban J connectivity index is 1.65. The van der Waals surface area contributed by atoms with Gasteiger partial charge in [0.25, 0.3) is 0 Å². The van der Waals surface area contributed by atoms with Gasteiger partial charge in [0, 0.05) is 48.5 Å². The number of anilines is 1. The maximum Gasteiger partial charge on any atom is 0.0752 e. The lowest BCUT2D eigenvalue weighted by Gasteiger charge is -2.31. The van der Waals surface area contributed by atoms with Crippen LogP contribution in [0.15, 0.2) is 24.4 Å². The molecule has 23 heavy (non-hydrogen) atoms. The van der Waals surface area contributed by atoms with E-state index in [2.05, 4.69) is 15.2 Å². The van der Waals surface area contributed by atoms with Gasteiger partial charge in [-0.2, -0.15) is 0 Å². The highest BCUT2D eigenvalue weighted by Gasteiger charge is 2.18. The van der Waals surface area contributed by atoms with Crippen LogP contribution in [0.1, 0.15) is 18.4 Å². The quantitative estimate of drug-likeness (QED) is 0.881. The number of halogens is 1. The number of benzene rings is 1. The highest BCUT2D eigenvalue weighted by molar-refractivity contribution is 6.31. The van der Waals surface area contributed by atoms with E-state index < -0.39 is 0 Å². The summed E-state index contributed by atoms with van der Waals surface area (Å²) in [7, 11) is 0. The Morgan fingerprint density at radius 1 is 1.43 bits per heavy atom. The van der Waals surface area contributed by atoms with E-state index in [4.69, 9.17) is 11.6 Å². The number of likely N-dealkylation sites (tertiary alicyclic amines) is 1. The standard InChI is InChI=1S/C18H24ClN3O/c1-13-9-15(19)10-16-17(4-5-21-18(13)16)20-6-8-22-7-2-3-14(11-22)12-23/h4-5,9-10,14,23H,2-3,6-8,11-12H2,1H3,(H,20,21). The van der Waals surface area contributed by atoms with E-state index >= 15 is 0 Å². The molecule has 2 aromatic rings. The molecule has 0 bridgehead atoms. The number of rotatable bonds is 5. The van der Waals surface area contributed by atoms with Gasteiger partial charge in [0.15, 0.2) is 0 Å². The fourth-order valence-electron chi connectivity index (χ4n) is 3.39. The first-order valence-electron chi connectivity index (χ1n) is 8.29. The van der Waals surface area contributed by atoms with Crippen LogP contribution in [0.5, 0.6) is 0 Å². The Kier molecular flexibility index (Phi) is 5.36. The van der Waals surface area contributed by atoms with Crippen molar-refractivity contribution in [2.45, 2.75) is 19.8 Å². The van der Waals surface area contributed by atoms with Gasteiger partial charge in [-0.05, 0) is 56.0 Å². The molecule has 1 aliphatic heterocycles. The second-order valence-electron chi connectivity index (χ2n) is 6.40. The zero-order chi connectivity index (χ0) is 16.2. The first kappa shape index (κ1) is 16.5. The molecule has 1 aliphatic rings. The van der Waals surface area contributed by atoms with E-state index in [0.29, 0.717) is 12.5 Å². The summed E-state index contributed by atoms with van der Waals surface area (Å²) >= 11 is 6.20. The molecular formula is C18H24ClN3O. The fraction of sp³-hybridized carbons (Fsp3) is 0.500. The average Bonchev–Trinajstić information content (AvgIpc) is 2.55. The van der Waals surface area contributed by atoms with Crippen LogP contribution < -0.4 is 5.32 Å². The van der Waals surface area contributed by atoms with Crippen LogP contribution in [0.3, 0.4) is 0 Å². The van der Waals surface area contributed by atoms with Gasteiger partial charge >= 0.3 is 0 Å². The lowest BCUT2D eigenvalue weighted by Crippen LogP contribution is -2.39. The number of nitrogens with zero attached hydrogens (tertiary/aromatic N) is 2. The van der Waals surface area contributed by atoms with Crippen molar-refractivity contribution in [2.24, 2.45) is 5.92 Å². The Morgan fingerprint density at radius 3 is 3.13 bits per heavy atom. The van der Waals surface area contributed by atoms with Crippen LogP contribution in [0.4, 0.5) is 5.69 Å². The summed E-state index contributed by atoms with van der Waals surface area (Å²) < 4.78 is 0. The summed E-state index contributed by atoms with van der Waals surface area (Å²) in [6.07, 6.45) is 4.17. The third-order valence-corrected chi connectivity index (χ3v) is 4.82. The van der Waals surface area contributed by atoms with Gasteiger partial charge in [-0.3, -0.25) is 4.98 Å². The van der Waals surface area contributed by atoms with Gasteiger partial charge in [0.1, 0.15) is 0 Å². The molecule has 1 aromatic carbocycles. The number of hydrogen-bond acceptors (Lipinski definition) is 4. The summed E-state index contributed by atoms with van der Waals surface area (Å²) in [5, 5.41) is 14.7. The summed E-state index contributed by atoms with van der Waals surface area (Å²) in [5.74, 6) is 0.437. The number of piperidine rings is 1. The number of fused-ring (bicyclic) bond motifs is 1.